The van der Waals surface area contributed by atoms with E-state index < -0.39 is 4.92 Å². The Morgan fingerprint density at radius 2 is 1.87 bits per heavy atom. The first-order chi connectivity index (χ1) is 10.8. The Hall–Kier alpha value is -2.68. The maximum Gasteiger partial charge on any atom is 0.314 e. The van der Waals surface area contributed by atoms with E-state index in [1.54, 1.807) is 18.7 Å². The van der Waals surface area contributed by atoms with Crippen molar-refractivity contribution in [3.8, 4) is 0 Å². The van der Waals surface area contributed by atoms with E-state index in [-0.39, 0.29) is 12.3 Å². The number of aryl methyl sites for hydroxylation is 3. The number of anilines is 1. The first-order valence-electron chi connectivity index (χ1n) is 6.99. The van der Waals surface area contributed by atoms with Gasteiger partial charge in [0.15, 0.2) is 5.69 Å². The van der Waals surface area contributed by atoms with Crippen molar-refractivity contribution < 1.29 is 10.0 Å². The minimum atomic E-state index is -0.482. The Balaban J connectivity index is 0.000000365. The van der Waals surface area contributed by atoms with Crippen LogP contribution in [-0.2, 0) is 20.5 Å². The average Bonchev–Trinajstić information content (AvgIpc) is 3.02. The lowest BCUT2D eigenvalue weighted by Gasteiger charge is -1.86. The van der Waals surface area contributed by atoms with Gasteiger partial charge in [-0.1, -0.05) is 13.5 Å². The Morgan fingerprint density at radius 1 is 1.35 bits per heavy atom. The summed E-state index contributed by atoms with van der Waals surface area (Å²) in [6.07, 6.45) is 5.43. The molecule has 9 heteroatoms. The molecule has 0 atom stereocenters. The number of nitrogen functional groups attached to an aromatic ring is 1. The zero-order valence-corrected chi connectivity index (χ0v) is 13.9. The third-order valence-electron chi connectivity index (χ3n) is 2.50. The van der Waals surface area contributed by atoms with Crippen LogP contribution < -0.4 is 5.73 Å². The number of hydrogen-bond donors (Lipinski definition) is 2. The fraction of sp³-hybridized carbons (Fsp3) is 0.429. The molecule has 2 heterocycles. The van der Waals surface area contributed by atoms with Crippen LogP contribution in [0.25, 0.3) is 6.08 Å². The second-order valence-electron chi connectivity index (χ2n) is 4.41. The highest BCUT2D eigenvalue weighted by Gasteiger charge is 2.14. The predicted molar refractivity (Wildman–Crippen MR) is 89.7 cm³/mol. The third-order valence-corrected chi connectivity index (χ3v) is 2.50. The van der Waals surface area contributed by atoms with Crippen LogP contribution >= 0.6 is 0 Å². The van der Waals surface area contributed by atoms with Gasteiger partial charge in [0.2, 0.25) is 0 Å². The first-order valence-corrected chi connectivity index (χ1v) is 6.99. The fourth-order valence-electron chi connectivity index (χ4n) is 1.61. The number of aliphatic hydroxyl groups is 1. The van der Waals surface area contributed by atoms with E-state index in [2.05, 4.69) is 16.8 Å². The molecule has 0 aromatic carbocycles. The topological polar surface area (TPSA) is 125 Å². The monoisotopic (exact) mass is 324 g/mol. The van der Waals surface area contributed by atoms with Crippen LogP contribution in [0, 0.1) is 10.1 Å². The maximum absolute atomic E-state index is 10.3. The molecule has 0 fully saturated rings. The summed E-state index contributed by atoms with van der Waals surface area (Å²) in [7, 11) is 3.50. The second kappa shape index (κ2) is 10.1. The molecule has 9 nitrogen and oxygen atoms in total. The molecule has 0 radical (unpaired) electrons. The molecular weight excluding hydrogens is 300 g/mol. The summed E-state index contributed by atoms with van der Waals surface area (Å²) in [5.74, 6) is 0. The van der Waals surface area contributed by atoms with Crippen LogP contribution in [0.3, 0.4) is 0 Å². The lowest BCUT2D eigenvalue weighted by molar-refractivity contribution is -0.385. The summed E-state index contributed by atoms with van der Waals surface area (Å²) in [5, 5.41) is 25.8. The van der Waals surface area contributed by atoms with E-state index in [1.165, 1.54) is 17.0 Å². The minimum absolute atomic E-state index is 0.0116. The Labute approximate surface area is 135 Å². The summed E-state index contributed by atoms with van der Waals surface area (Å²) in [5.41, 5.74) is 7.64. The van der Waals surface area contributed by atoms with Crippen LogP contribution in [0.1, 0.15) is 25.2 Å². The van der Waals surface area contributed by atoms with Gasteiger partial charge in [-0.25, -0.2) is 0 Å². The maximum atomic E-state index is 10.3. The number of nitrogens with zero attached hydrogens (tertiary/aromatic N) is 5. The standard InChI is InChI=1S/C6H7N3O2.C6H11N3.C2H6O/c1-3-5-6(9(10)11)4-8(2)7-5;1-3-6-5(7)4-9(2)8-6;1-2-3/h3-4H,1H2,2H3;4H,3,7H2,1-2H3;3H,2H2,1H3. The van der Waals surface area contributed by atoms with Crippen molar-refractivity contribution in [2.24, 2.45) is 14.1 Å². The fourth-order valence-corrected chi connectivity index (χ4v) is 1.61. The van der Waals surface area contributed by atoms with Gasteiger partial charge in [0, 0.05) is 26.9 Å². The molecule has 2 aromatic rings. The number of aliphatic hydroxyl groups excluding tert-OH is 1. The van der Waals surface area contributed by atoms with Gasteiger partial charge in [-0.15, -0.1) is 0 Å². The largest absolute Gasteiger partial charge is 0.397 e. The van der Waals surface area contributed by atoms with Gasteiger partial charge in [0.1, 0.15) is 6.20 Å². The number of hydrogen-bond acceptors (Lipinski definition) is 6. The summed E-state index contributed by atoms with van der Waals surface area (Å²) in [4.78, 5) is 9.82. The summed E-state index contributed by atoms with van der Waals surface area (Å²) in [6, 6.07) is 0. The normalized spacial score (nSPS) is 9.26. The molecule has 3 N–H and O–H groups in total. The number of nitrogens with two attached hydrogens (primary N) is 1. The molecule has 0 saturated heterocycles. The highest BCUT2D eigenvalue weighted by molar-refractivity contribution is 5.53. The zero-order valence-electron chi connectivity index (χ0n) is 13.9. The third kappa shape index (κ3) is 6.74. The molecule has 23 heavy (non-hydrogen) atoms. The summed E-state index contributed by atoms with van der Waals surface area (Å²) >= 11 is 0. The molecule has 2 aromatic heterocycles. The minimum Gasteiger partial charge on any atom is -0.397 e. The first kappa shape index (κ1) is 20.3. The SMILES string of the molecule is C=Cc1nn(C)cc1[N+](=O)[O-].CCO.CCc1nn(C)cc1N. The van der Waals surface area contributed by atoms with Gasteiger partial charge in [-0.3, -0.25) is 19.5 Å². The van der Waals surface area contributed by atoms with Gasteiger partial charge in [0.25, 0.3) is 0 Å². The van der Waals surface area contributed by atoms with Crippen LogP contribution in [0.2, 0.25) is 0 Å². The van der Waals surface area contributed by atoms with Crippen LogP contribution in [0.15, 0.2) is 19.0 Å². The summed E-state index contributed by atoms with van der Waals surface area (Å²) in [6.45, 7) is 7.38. The zero-order chi connectivity index (χ0) is 18.0. The van der Waals surface area contributed by atoms with Crippen molar-refractivity contribution >= 4 is 17.5 Å². The Kier molecular flexibility index (Phi) is 8.94. The van der Waals surface area contributed by atoms with Gasteiger partial charge >= 0.3 is 5.69 Å². The molecule has 0 aliphatic rings. The quantitative estimate of drug-likeness (QED) is 0.651. The molecule has 0 unspecified atom stereocenters. The van der Waals surface area contributed by atoms with Crippen molar-refractivity contribution in [3.05, 3.63) is 40.5 Å². The summed E-state index contributed by atoms with van der Waals surface area (Å²) < 4.78 is 3.11. The van der Waals surface area contributed by atoms with Gasteiger partial charge in [-0.2, -0.15) is 10.2 Å². The molecule has 0 saturated carbocycles. The number of nitro groups is 1. The Morgan fingerprint density at radius 3 is 2.13 bits per heavy atom. The number of rotatable bonds is 3. The van der Waals surface area contributed by atoms with Crippen LogP contribution in [0.5, 0.6) is 0 Å². The predicted octanol–water partition coefficient (Wildman–Crippen LogP) is 1.53. The molecule has 128 valence electrons. The van der Waals surface area contributed by atoms with Crippen molar-refractivity contribution in [3.63, 3.8) is 0 Å². The van der Waals surface area contributed by atoms with Gasteiger partial charge < -0.3 is 10.8 Å². The molecular formula is C14H24N6O3. The second-order valence-corrected chi connectivity index (χ2v) is 4.41. The van der Waals surface area contributed by atoms with Crippen LogP contribution in [-0.4, -0.2) is 36.2 Å². The van der Waals surface area contributed by atoms with Crippen molar-refractivity contribution in [1.82, 2.24) is 19.6 Å². The molecule has 0 spiro atoms. The lowest BCUT2D eigenvalue weighted by atomic mass is 10.3. The van der Waals surface area contributed by atoms with E-state index in [0.717, 1.165) is 17.8 Å². The Bertz CT molecular complexity index is 632. The smallest absolute Gasteiger partial charge is 0.314 e. The van der Waals surface area contributed by atoms with Crippen LogP contribution in [0.4, 0.5) is 11.4 Å². The van der Waals surface area contributed by atoms with E-state index in [1.807, 2.05) is 20.2 Å². The van der Waals surface area contributed by atoms with Crippen molar-refractivity contribution in [2.75, 3.05) is 12.3 Å². The lowest BCUT2D eigenvalue weighted by Crippen LogP contribution is -1.90. The highest BCUT2D eigenvalue weighted by atomic mass is 16.6. The van der Waals surface area contributed by atoms with Crippen molar-refractivity contribution in [1.29, 1.82) is 0 Å². The van der Waals surface area contributed by atoms with E-state index in [4.69, 9.17) is 10.8 Å². The molecule has 2 rings (SSSR count). The molecule has 0 aliphatic carbocycles. The number of aromatic nitrogens is 4. The van der Waals surface area contributed by atoms with E-state index in [9.17, 15) is 10.1 Å². The van der Waals surface area contributed by atoms with E-state index in [0.29, 0.717) is 5.69 Å². The molecule has 0 aliphatic heterocycles. The van der Waals surface area contributed by atoms with E-state index >= 15 is 0 Å². The van der Waals surface area contributed by atoms with Crippen molar-refractivity contribution in [2.45, 2.75) is 20.3 Å². The average molecular weight is 324 g/mol. The highest BCUT2D eigenvalue weighted by Crippen LogP contribution is 2.16. The van der Waals surface area contributed by atoms with Gasteiger partial charge in [-0.05, 0) is 19.4 Å². The molecule has 0 amide bonds. The molecule has 0 bridgehead atoms. The van der Waals surface area contributed by atoms with Gasteiger partial charge in [0.05, 0.1) is 16.3 Å².